The fourth-order valence-electron chi connectivity index (χ4n) is 3.13. The molecule has 144 valence electrons. The normalized spacial score (nSPS) is 11.1. The van der Waals surface area contributed by atoms with Gasteiger partial charge in [0.1, 0.15) is 0 Å². The summed E-state index contributed by atoms with van der Waals surface area (Å²) in [6, 6.07) is 5.80. The van der Waals surface area contributed by atoms with E-state index < -0.39 is 0 Å². The van der Waals surface area contributed by atoms with Gasteiger partial charge in [-0.2, -0.15) is 0 Å². The summed E-state index contributed by atoms with van der Waals surface area (Å²) >= 11 is 7.78. The number of hydrogen-bond acceptors (Lipinski definition) is 2. The van der Waals surface area contributed by atoms with Crippen LogP contribution in [0.5, 0.6) is 0 Å². The first-order valence-corrected chi connectivity index (χ1v) is 11.8. The van der Waals surface area contributed by atoms with Crippen LogP contribution in [0.4, 0.5) is 5.69 Å². The lowest BCUT2D eigenvalue weighted by Crippen LogP contribution is -1.89. The third kappa shape index (κ3) is 12.6. The minimum atomic E-state index is 0.721. The Morgan fingerprint density at radius 2 is 1.24 bits per heavy atom. The van der Waals surface area contributed by atoms with Crippen LogP contribution in [0.1, 0.15) is 96.8 Å². The van der Waals surface area contributed by atoms with Crippen molar-refractivity contribution in [1.82, 2.24) is 0 Å². The van der Waals surface area contributed by atoms with E-state index in [2.05, 4.69) is 6.92 Å². The molecule has 0 saturated carbocycles. The van der Waals surface area contributed by atoms with Gasteiger partial charge < -0.3 is 5.73 Å². The second kappa shape index (κ2) is 15.9. The van der Waals surface area contributed by atoms with Crippen molar-refractivity contribution in [2.75, 3.05) is 11.5 Å². The Kier molecular flexibility index (Phi) is 14.4. The molecule has 0 unspecified atom stereocenters. The molecule has 0 aliphatic carbocycles. The minimum Gasteiger partial charge on any atom is -0.398 e. The Morgan fingerprint density at radius 3 is 1.72 bits per heavy atom. The van der Waals surface area contributed by atoms with Gasteiger partial charge in [0.2, 0.25) is 0 Å². The maximum Gasteiger partial charge on any atom is 0.0467 e. The Bertz CT molecular complexity index is 436. The SMILES string of the molecule is CCCCCCCCCCCCCCCCSc1ccc(Cl)cc1N. The molecule has 0 radical (unpaired) electrons. The molecule has 3 heteroatoms. The van der Waals surface area contributed by atoms with Gasteiger partial charge in [0.05, 0.1) is 0 Å². The highest BCUT2D eigenvalue weighted by Gasteiger charge is 2.01. The van der Waals surface area contributed by atoms with E-state index in [1.165, 1.54) is 94.8 Å². The van der Waals surface area contributed by atoms with E-state index >= 15 is 0 Å². The second-order valence-electron chi connectivity index (χ2n) is 7.13. The number of benzene rings is 1. The first kappa shape index (κ1) is 22.7. The van der Waals surface area contributed by atoms with E-state index in [-0.39, 0.29) is 0 Å². The second-order valence-corrected chi connectivity index (χ2v) is 8.70. The molecule has 0 bridgehead atoms. The van der Waals surface area contributed by atoms with Crippen LogP contribution in [-0.4, -0.2) is 5.75 Å². The lowest BCUT2D eigenvalue weighted by atomic mass is 10.0. The number of halogens is 1. The van der Waals surface area contributed by atoms with Crippen LogP contribution in [0.2, 0.25) is 5.02 Å². The number of unbranched alkanes of at least 4 members (excludes halogenated alkanes) is 13. The number of anilines is 1. The molecule has 0 atom stereocenters. The van der Waals surface area contributed by atoms with Crippen molar-refractivity contribution in [1.29, 1.82) is 0 Å². The third-order valence-corrected chi connectivity index (χ3v) is 6.14. The Labute approximate surface area is 165 Å². The average molecular weight is 384 g/mol. The maximum absolute atomic E-state index is 5.98. The quantitative estimate of drug-likeness (QED) is 0.176. The van der Waals surface area contributed by atoms with Gasteiger partial charge in [0.25, 0.3) is 0 Å². The Morgan fingerprint density at radius 1 is 0.760 bits per heavy atom. The van der Waals surface area contributed by atoms with Crippen LogP contribution >= 0.6 is 23.4 Å². The molecule has 0 aliphatic heterocycles. The molecule has 1 aromatic rings. The zero-order valence-corrected chi connectivity index (χ0v) is 17.8. The summed E-state index contributed by atoms with van der Waals surface area (Å²) in [5.41, 5.74) is 6.78. The number of thioether (sulfide) groups is 1. The lowest BCUT2D eigenvalue weighted by molar-refractivity contribution is 0.538. The van der Waals surface area contributed by atoms with Crippen LogP contribution < -0.4 is 5.73 Å². The molecule has 0 amide bonds. The van der Waals surface area contributed by atoms with Crippen molar-refractivity contribution in [3.63, 3.8) is 0 Å². The zero-order chi connectivity index (χ0) is 18.2. The molecule has 1 aromatic carbocycles. The van der Waals surface area contributed by atoms with Crippen LogP contribution in [0.15, 0.2) is 23.1 Å². The summed E-state index contributed by atoms with van der Waals surface area (Å²) in [4.78, 5) is 1.17. The molecular formula is C22H38ClNS. The lowest BCUT2D eigenvalue weighted by Gasteiger charge is -2.06. The molecule has 0 aliphatic rings. The highest BCUT2D eigenvalue weighted by atomic mass is 35.5. The van der Waals surface area contributed by atoms with Crippen molar-refractivity contribution in [2.45, 2.75) is 102 Å². The first-order chi connectivity index (χ1) is 12.2. The molecule has 0 aromatic heterocycles. The van der Waals surface area contributed by atoms with Crippen LogP contribution in [-0.2, 0) is 0 Å². The topological polar surface area (TPSA) is 26.0 Å². The van der Waals surface area contributed by atoms with Crippen molar-refractivity contribution >= 4 is 29.1 Å². The predicted molar refractivity (Wildman–Crippen MR) is 117 cm³/mol. The van der Waals surface area contributed by atoms with Crippen molar-refractivity contribution in [3.05, 3.63) is 23.2 Å². The molecule has 1 nitrogen and oxygen atoms in total. The van der Waals surface area contributed by atoms with E-state index in [0.717, 1.165) is 16.5 Å². The Hall–Kier alpha value is -0.340. The van der Waals surface area contributed by atoms with E-state index in [4.69, 9.17) is 17.3 Å². The van der Waals surface area contributed by atoms with Crippen LogP contribution in [0.3, 0.4) is 0 Å². The minimum absolute atomic E-state index is 0.721. The molecule has 25 heavy (non-hydrogen) atoms. The molecule has 0 fully saturated rings. The largest absolute Gasteiger partial charge is 0.398 e. The Balaban J connectivity index is 1.81. The number of hydrogen-bond donors (Lipinski definition) is 1. The standard InChI is InChI=1S/C22H38ClNS/c1-2-3-4-5-6-7-8-9-10-11-12-13-14-15-18-25-22-17-16-20(23)19-21(22)24/h16-17,19H,2-15,18,24H2,1H3. The summed E-state index contributed by atoms with van der Waals surface area (Å²) in [5, 5.41) is 0.721. The van der Waals surface area contributed by atoms with Crippen LogP contribution in [0.25, 0.3) is 0 Å². The molecule has 1 rings (SSSR count). The highest BCUT2D eigenvalue weighted by Crippen LogP contribution is 2.28. The molecular weight excluding hydrogens is 346 g/mol. The smallest absolute Gasteiger partial charge is 0.0467 e. The first-order valence-electron chi connectivity index (χ1n) is 10.4. The molecule has 0 heterocycles. The summed E-state index contributed by atoms with van der Waals surface area (Å²) in [6.45, 7) is 2.29. The predicted octanol–water partition coefficient (Wildman–Crippen LogP) is 8.50. The highest BCUT2D eigenvalue weighted by molar-refractivity contribution is 7.99. The number of nitrogens with two attached hydrogens (primary N) is 1. The van der Waals surface area contributed by atoms with Gasteiger partial charge in [-0.15, -0.1) is 11.8 Å². The number of nitrogen functional groups attached to an aromatic ring is 1. The number of rotatable bonds is 16. The van der Waals surface area contributed by atoms with Crippen LogP contribution in [0, 0.1) is 0 Å². The summed E-state index contributed by atoms with van der Waals surface area (Å²) in [7, 11) is 0. The van der Waals surface area contributed by atoms with Gasteiger partial charge in [-0.05, 0) is 30.4 Å². The van der Waals surface area contributed by atoms with E-state index in [1.807, 2.05) is 30.0 Å². The third-order valence-electron chi connectivity index (χ3n) is 4.73. The van der Waals surface area contributed by atoms with Gasteiger partial charge in [-0.25, -0.2) is 0 Å². The van der Waals surface area contributed by atoms with E-state index in [1.54, 1.807) is 0 Å². The molecule has 0 spiro atoms. The van der Waals surface area contributed by atoms with Gasteiger partial charge >= 0.3 is 0 Å². The van der Waals surface area contributed by atoms with E-state index in [0.29, 0.717) is 0 Å². The fraction of sp³-hybridized carbons (Fsp3) is 0.727. The zero-order valence-electron chi connectivity index (χ0n) is 16.2. The van der Waals surface area contributed by atoms with Crippen molar-refractivity contribution in [2.24, 2.45) is 0 Å². The maximum atomic E-state index is 5.98. The molecule has 2 N–H and O–H groups in total. The van der Waals surface area contributed by atoms with Gasteiger partial charge in [0.15, 0.2) is 0 Å². The van der Waals surface area contributed by atoms with E-state index in [9.17, 15) is 0 Å². The monoisotopic (exact) mass is 383 g/mol. The van der Waals surface area contributed by atoms with Gasteiger partial charge in [-0.3, -0.25) is 0 Å². The van der Waals surface area contributed by atoms with Crippen molar-refractivity contribution in [3.8, 4) is 0 Å². The fourth-order valence-corrected chi connectivity index (χ4v) is 4.27. The summed E-state index contributed by atoms with van der Waals surface area (Å²) < 4.78 is 0. The van der Waals surface area contributed by atoms with Crippen molar-refractivity contribution < 1.29 is 0 Å². The van der Waals surface area contributed by atoms with Gasteiger partial charge in [0, 0.05) is 15.6 Å². The average Bonchev–Trinajstić information content (AvgIpc) is 2.60. The summed E-state index contributed by atoms with van der Waals surface area (Å²) in [6.07, 6.45) is 19.8. The van der Waals surface area contributed by atoms with Gasteiger partial charge in [-0.1, -0.05) is 102 Å². The molecule has 0 saturated heterocycles. The summed E-state index contributed by atoms with van der Waals surface area (Å²) in [5.74, 6) is 1.16.